The molecule has 0 N–H and O–H groups in total. The molecule has 10 heteroatoms. The maximum absolute atomic E-state index is 12.2. The number of carbonyl (C=O) groups excluding carboxylic acids is 2. The molecule has 0 aliphatic carbocycles. The number of esters is 1. The van der Waals surface area contributed by atoms with Crippen LogP contribution in [0, 0.1) is 0 Å². The Balaban J connectivity index is 3.28. The van der Waals surface area contributed by atoms with Gasteiger partial charge in [0.05, 0.1) is 32.6 Å². The molecule has 0 radical (unpaired) electrons. The molecule has 0 aromatic heterocycles. The first-order valence-corrected chi connectivity index (χ1v) is 8.94. The lowest BCUT2D eigenvalue weighted by molar-refractivity contribution is -0.134. The van der Waals surface area contributed by atoms with Crippen LogP contribution in [0.2, 0.25) is 0 Å². The monoisotopic (exact) mass is 365 g/mol. The Morgan fingerprint density at radius 3 is 2.29 bits per heavy atom. The quantitative estimate of drug-likeness (QED) is 0.397. The minimum atomic E-state index is -3.87. The molecule has 1 aliphatic rings. The van der Waals surface area contributed by atoms with Gasteiger partial charge in [-0.3, -0.25) is 9.08 Å². The molecule has 24 heavy (non-hydrogen) atoms. The zero-order valence-corrected chi connectivity index (χ0v) is 15.3. The van der Waals surface area contributed by atoms with Gasteiger partial charge in [-0.2, -0.15) is 8.42 Å². The molecule has 0 bridgehead atoms. The molecule has 9 nitrogen and oxygen atoms in total. The lowest BCUT2D eigenvalue weighted by Gasteiger charge is -2.34. The van der Waals surface area contributed by atoms with E-state index in [0.717, 1.165) is 12.3 Å². The Morgan fingerprint density at radius 1 is 1.25 bits per heavy atom. The molecule has 1 saturated heterocycles. The van der Waals surface area contributed by atoms with Crippen LogP contribution in [0.3, 0.4) is 0 Å². The Bertz CT molecular complexity index is 612. The number of hydrogen-bond acceptors (Lipinski definition) is 8. The van der Waals surface area contributed by atoms with Gasteiger partial charge in [0.25, 0.3) is 10.1 Å². The fourth-order valence-corrected chi connectivity index (χ4v) is 3.23. The number of amides is 1. The molecule has 0 unspecified atom stereocenters. The zero-order valence-electron chi connectivity index (χ0n) is 14.5. The van der Waals surface area contributed by atoms with E-state index in [1.54, 1.807) is 20.8 Å². The fraction of sp³-hybridized carbons (Fsp3) is 0.714. The fourth-order valence-electron chi connectivity index (χ4n) is 2.65. The summed E-state index contributed by atoms with van der Waals surface area (Å²) < 4.78 is 43.2. The predicted octanol–water partition coefficient (Wildman–Crippen LogP) is 0.652. The summed E-state index contributed by atoms with van der Waals surface area (Å²) in [7, 11) is -1.48. The molecule has 3 atom stereocenters. The third-order valence-corrected chi connectivity index (χ3v) is 4.02. The number of carbonyl (C=O) groups is 2. The first-order chi connectivity index (χ1) is 10.9. The molecule has 1 amide bonds. The van der Waals surface area contributed by atoms with Gasteiger partial charge >= 0.3 is 12.1 Å². The van der Waals surface area contributed by atoms with Crippen molar-refractivity contribution in [2.24, 2.45) is 0 Å². The summed E-state index contributed by atoms with van der Waals surface area (Å²) in [6.07, 6.45) is 0.684. The van der Waals surface area contributed by atoms with Gasteiger partial charge < -0.3 is 14.2 Å². The van der Waals surface area contributed by atoms with Crippen molar-refractivity contribution in [3.8, 4) is 0 Å². The average molecular weight is 365 g/mol. The van der Waals surface area contributed by atoms with Gasteiger partial charge in [0, 0.05) is 6.08 Å². The highest BCUT2D eigenvalue weighted by Gasteiger charge is 2.52. The molecule has 0 aromatic carbocycles. The molecule has 1 rings (SSSR count). The van der Waals surface area contributed by atoms with Crippen molar-refractivity contribution < 1.29 is 36.4 Å². The smallest absolute Gasteiger partial charge is 0.412 e. The molecule has 1 aliphatic heterocycles. The lowest BCUT2D eigenvalue weighted by Crippen LogP contribution is -2.53. The van der Waals surface area contributed by atoms with E-state index in [1.165, 1.54) is 25.2 Å². The van der Waals surface area contributed by atoms with Crippen molar-refractivity contribution >= 4 is 22.2 Å². The molecular weight excluding hydrogens is 342 g/mol. The van der Waals surface area contributed by atoms with E-state index in [4.69, 9.17) is 13.7 Å². The van der Waals surface area contributed by atoms with Crippen LogP contribution in [0.5, 0.6) is 0 Å². The lowest BCUT2D eigenvalue weighted by atomic mass is 10.0. The number of ether oxygens (including phenoxy) is 3. The van der Waals surface area contributed by atoms with Crippen LogP contribution in [0.1, 0.15) is 20.8 Å². The van der Waals surface area contributed by atoms with Crippen LogP contribution >= 0.6 is 0 Å². The van der Waals surface area contributed by atoms with Crippen LogP contribution in [-0.4, -0.2) is 69.8 Å². The van der Waals surface area contributed by atoms with Crippen LogP contribution in [0.25, 0.3) is 0 Å². The Hall–Kier alpha value is -1.65. The second kappa shape index (κ2) is 7.49. The summed E-state index contributed by atoms with van der Waals surface area (Å²) in [5, 5.41) is 0. The van der Waals surface area contributed by atoms with E-state index in [2.05, 4.69) is 4.74 Å². The van der Waals surface area contributed by atoms with Crippen LogP contribution in [0.15, 0.2) is 12.2 Å². The predicted molar refractivity (Wildman–Crippen MR) is 83.5 cm³/mol. The maximum atomic E-state index is 12.2. The highest BCUT2D eigenvalue weighted by molar-refractivity contribution is 7.86. The van der Waals surface area contributed by atoms with Gasteiger partial charge in [-0.05, 0) is 26.8 Å². The summed E-state index contributed by atoms with van der Waals surface area (Å²) in [5.74, 6) is -0.687. The van der Waals surface area contributed by atoms with Gasteiger partial charge in [0.1, 0.15) is 11.8 Å². The number of hydrogen-bond donors (Lipinski definition) is 0. The number of methoxy groups -OCH3 is 2. The van der Waals surface area contributed by atoms with Crippen molar-refractivity contribution in [3.63, 3.8) is 0 Å². The summed E-state index contributed by atoms with van der Waals surface area (Å²) in [6, 6.07) is -0.830. The van der Waals surface area contributed by atoms with Crippen LogP contribution < -0.4 is 0 Å². The van der Waals surface area contributed by atoms with Crippen molar-refractivity contribution in [3.05, 3.63) is 12.2 Å². The van der Waals surface area contributed by atoms with Crippen molar-refractivity contribution in [2.45, 2.75) is 44.7 Å². The number of nitrogens with zero attached hydrogens (tertiary/aromatic N) is 1. The van der Waals surface area contributed by atoms with E-state index in [-0.39, 0.29) is 0 Å². The average Bonchev–Trinajstić information content (AvgIpc) is 2.69. The highest BCUT2D eigenvalue weighted by atomic mass is 32.2. The summed E-state index contributed by atoms with van der Waals surface area (Å²) in [6.45, 7) is 4.95. The van der Waals surface area contributed by atoms with E-state index in [1.807, 2.05) is 0 Å². The largest absolute Gasteiger partial charge is 0.466 e. The van der Waals surface area contributed by atoms with Crippen molar-refractivity contribution in [2.75, 3.05) is 20.5 Å². The molecule has 0 saturated carbocycles. The van der Waals surface area contributed by atoms with Gasteiger partial charge in [-0.25, -0.2) is 9.59 Å². The van der Waals surface area contributed by atoms with Gasteiger partial charge in [-0.15, -0.1) is 0 Å². The molecule has 138 valence electrons. The van der Waals surface area contributed by atoms with Gasteiger partial charge in [0.2, 0.25) is 0 Å². The molecule has 0 spiro atoms. The third-order valence-electron chi connectivity index (χ3n) is 3.45. The van der Waals surface area contributed by atoms with Crippen molar-refractivity contribution in [1.29, 1.82) is 0 Å². The van der Waals surface area contributed by atoms with Crippen LogP contribution in [0.4, 0.5) is 4.79 Å². The highest BCUT2D eigenvalue weighted by Crippen LogP contribution is 2.35. The Labute approximate surface area is 141 Å². The summed E-state index contributed by atoms with van der Waals surface area (Å²) in [4.78, 5) is 24.7. The van der Waals surface area contributed by atoms with Crippen LogP contribution in [-0.2, 0) is 33.3 Å². The van der Waals surface area contributed by atoms with Crippen molar-refractivity contribution in [1.82, 2.24) is 4.90 Å². The van der Waals surface area contributed by atoms with E-state index in [9.17, 15) is 18.0 Å². The summed E-state index contributed by atoms with van der Waals surface area (Å²) in [5.41, 5.74) is -1.05. The standard InChI is InChI=1S/C14H23NO8S/c1-9-12(15(13(17)21-5)14(2,3)22-9)10(23-24(6,18)19)7-8-11(16)20-4/h7-10,12H,1-6H3/b8-7+/t9-,10-,12+/m1/s1. The molecule has 1 fully saturated rings. The Morgan fingerprint density at radius 2 is 1.83 bits per heavy atom. The van der Waals surface area contributed by atoms with E-state index < -0.39 is 46.2 Å². The topological polar surface area (TPSA) is 108 Å². The van der Waals surface area contributed by atoms with E-state index in [0.29, 0.717) is 0 Å². The first-order valence-electron chi connectivity index (χ1n) is 7.12. The minimum absolute atomic E-state index is 0.576. The van der Waals surface area contributed by atoms with Gasteiger partial charge in [-0.1, -0.05) is 0 Å². The Kier molecular flexibility index (Phi) is 6.37. The molecule has 0 aromatic rings. The first kappa shape index (κ1) is 20.4. The van der Waals surface area contributed by atoms with Gasteiger partial charge in [0.15, 0.2) is 0 Å². The third kappa shape index (κ3) is 4.92. The minimum Gasteiger partial charge on any atom is -0.466 e. The van der Waals surface area contributed by atoms with E-state index >= 15 is 0 Å². The molecule has 1 heterocycles. The maximum Gasteiger partial charge on any atom is 0.412 e. The molecular formula is C14H23NO8S. The summed E-state index contributed by atoms with van der Waals surface area (Å²) >= 11 is 0. The second-order valence-electron chi connectivity index (χ2n) is 5.75. The normalized spacial score (nSPS) is 24.8. The number of rotatable bonds is 5. The second-order valence-corrected chi connectivity index (χ2v) is 7.35. The SMILES string of the molecule is COC(=O)/C=C/[C@@H](OS(C)(=O)=O)[C@@H]1[C@@H](C)OC(C)(C)N1C(=O)OC. The zero-order chi connectivity index (χ0) is 18.7.